The summed E-state index contributed by atoms with van der Waals surface area (Å²) in [6.45, 7) is 8.39. The number of hydrogen-bond donors (Lipinski definition) is 0. The highest BCUT2D eigenvalue weighted by atomic mass is 79.9. The Kier molecular flexibility index (Phi) is 3.81. The van der Waals surface area contributed by atoms with E-state index in [1.807, 2.05) is 51.2 Å². The smallest absolute Gasteiger partial charge is 0.195 e. The Morgan fingerprint density at radius 1 is 1.12 bits per heavy atom. The normalized spacial score (nSPS) is 15.3. The van der Waals surface area contributed by atoms with Gasteiger partial charge in [-0.2, -0.15) is 0 Å². The van der Waals surface area contributed by atoms with E-state index >= 15 is 0 Å². The minimum Gasteiger partial charge on any atom is -0.491 e. The molecule has 2 aromatic carbocycles. The quantitative estimate of drug-likeness (QED) is 0.549. The number of ketones is 1. The molecule has 0 bridgehead atoms. The van der Waals surface area contributed by atoms with Gasteiger partial charge in [0.15, 0.2) is 5.78 Å². The molecule has 26 heavy (non-hydrogen) atoms. The van der Waals surface area contributed by atoms with Crippen LogP contribution in [0.15, 0.2) is 40.9 Å². The molecule has 0 N–H and O–H groups in total. The van der Waals surface area contributed by atoms with E-state index in [-0.39, 0.29) is 17.3 Å². The first kappa shape index (κ1) is 17.3. The van der Waals surface area contributed by atoms with Crippen LogP contribution in [0.3, 0.4) is 0 Å². The van der Waals surface area contributed by atoms with Crippen LogP contribution in [0.5, 0.6) is 5.75 Å². The first-order valence-electron chi connectivity index (χ1n) is 8.86. The molecule has 4 rings (SSSR count). The molecule has 0 saturated carbocycles. The predicted octanol–water partition coefficient (Wildman–Crippen LogP) is 5.60. The van der Waals surface area contributed by atoms with Gasteiger partial charge in [-0.3, -0.25) is 4.79 Å². The van der Waals surface area contributed by atoms with Gasteiger partial charge in [0, 0.05) is 39.1 Å². The number of benzene rings is 2. The zero-order valence-electron chi connectivity index (χ0n) is 15.7. The summed E-state index contributed by atoms with van der Waals surface area (Å²) in [6.07, 6.45) is 0.0981. The minimum absolute atomic E-state index is 0.0957. The fourth-order valence-electron chi connectivity index (χ4n) is 4.22. The number of halogens is 1. The molecule has 134 valence electrons. The monoisotopic (exact) mass is 411 g/mol. The number of nitrogens with zero attached hydrogens (tertiary/aromatic N) is 1. The number of carbonyl (C=O) groups is 1. The Balaban J connectivity index is 2.02. The number of aromatic nitrogens is 1. The number of aryl methyl sites for hydroxylation is 1. The number of fused-ring (bicyclic) bond motifs is 4. The standard InChI is InChI=1S/C22H22BrNO2/c1-12(2)26-14-7-9-15-17(11-14)22(3,4)21-19(20(15)25)16-8-6-13(23)10-18(16)24(21)5/h6-12H,1-5H3. The predicted molar refractivity (Wildman–Crippen MR) is 108 cm³/mol. The second-order valence-electron chi connectivity index (χ2n) is 7.77. The van der Waals surface area contributed by atoms with Crippen molar-refractivity contribution in [2.75, 3.05) is 0 Å². The van der Waals surface area contributed by atoms with Crippen molar-refractivity contribution in [2.24, 2.45) is 7.05 Å². The van der Waals surface area contributed by atoms with Crippen molar-refractivity contribution in [1.82, 2.24) is 4.57 Å². The van der Waals surface area contributed by atoms with Crippen molar-refractivity contribution in [3.63, 3.8) is 0 Å². The molecule has 0 atom stereocenters. The molecule has 0 amide bonds. The Bertz CT molecular complexity index is 1060. The highest BCUT2D eigenvalue weighted by Crippen LogP contribution is 2.46. The van der Waals surface area contributed by atoms with Gasteiger partial charge in [-0.25, -0.2) is 0 Å². The molecule has 1 aliphatic carbocycles. The first-order chi connectivity index (χ1) is 12.2. The lowest BCUT2D eigenvalue weighted by molar-refractivity contribution is 0.103. The minimum atomic E-state index is -0.296. The average molecular weight is 412 g/mol. The zero-order chi connectivity index (χ0) is 18.8. The molecule has 1 aromatic heterocycles. The third-order valence-electron chi connectivity index (χ3n) is 5.26. The molecule has 3 nitrogen and oxygen atoms in total. The van der Waals surface area contributed by atoms with Crippen LogP contribution >= 0.6 is 15.9 Å². The average Bonchev–Trinajstić information content (AvgIpc) is 2.86. The summed E-state index contributed by atoms with van der Waals surface area (Å²) < 4.78 is 9.05. The molecule has 1 aliphatic rings. The lowest BCUT2D eigenvalue weighted by Crippen LogP contribution is -2.32. The van der Waals surface area contributed by atoms with E-state index in [9.17, 15) is 4.79 Å². The van der Waals surface area contributed by atoms with Crippen LogP contribution in [-0.2, 0) is 12.5 Å². The van der Waals surface area contributed by atoms with Crippen molar-refractivity contribution < 1.29 is 9.53 Å². The highest BCUT2D eigenvalue weighted by molar-refractivity contribution is 9.10. The Morgan fingerprint density at radius 2 is 1.85 bits per heavy atom. The Hall–Kier alpha value is -2.07. The van der Waals surface area contributed by atoms with Crippen LogP contribution in [-0.4, -0.2) is 16.5 Å². The van der Waals surface area contributed by atoms with E-state index in [0.29, 0.717) is 0 Å². The van der Waals surface area contributed by atoms with E-state index in [1.165, 1.54) is 0 Å². The molecule has 4 heteroatoms. The van der Waals surface area contributed by atoms with E-state index < -0.39 is 0 Å². The fourth-order valence-corrected chi connectivity index (χ4v) is 4.57. The van der Waals surface area contributed by atoms with E-state index in [1.54, 1.807) is 0 Å². The zero-order valence-corrected chi connectivity index (χ0v) is 17.3. The highest BCUT2D eigenvalue weighted by Gasteiger charge is 2.41. The van der Waals surface area contributed by atoms with Gasteiger partial charge in [0.2, 0.25) is 0 Å². The van der Waals surface area contributed by atoms with Gasteiger partial charge in [0.05, 0.1) is 11.7 Å². The molecular formula is C22H22BrNO2. The van der Waals surface area contributed by atoms with Crippen LogP contribution in [0.4, 0.5) is 0 Å². The third-order valence-corrected chi connectivity index (χ3v) is 5.76. The lowest BCUT2D eigenvalue weighted by Gasteiger charge is -2.34. The van der Waals surface area contributed by atoms with E-state index in [0.717, 1.165) is 43.5 Å². The molecule has 0 saturated heterocycles. The van der Waals surface area contributed by atoms with Gasteiger partial charge >= 0.3 is 0 Å². The van der Waals surface area contributed by atoms with Gasteiger partial charge in [-0.05, 0) is 49.7 Å². The topological polar surface area (TPSA) is 31.2 Å². The van der Waals surface area contributed by atoms with Gasteiger partial charge in [-0.15, -0.1) is 0 Å². The van der Waals surface area contributed by atoms with Crippen molar-refractivity contribution in [3.8, 4) is 5.75 Å². The third kappa shape index (κ3) is 2.35. The van der Waals surface area contributed by atoms with Crippen LogP contribution in [0.25, 0.3) is 10.9 Å². The van der Waals surface area contributed by atoms with E-state index in [2.05, 4.69) is 40.4 Å². The molecule has 0 fully saturated rings. The van der Waals surface area contributed by atoms with Crippen LogP contribution in [0.2, 0.25) is 0 Å². The molecule has 1 heterocycles. The molecule has 0 spiro atoms. The molecule has 0 unspecified atom stereocenters. The van der Waals surface area contributed by atoms with Crippen LogP contribution < -0.4 is 4.74 Å². The van der Waals surface area contributed by atoms with Gasteiger partial charge in [0.1, 0.15) is 5.75 Å². The summed E-state index contributed by atoms with van der Waals surface area (Å²) in [6, 6.07) is 12.0. The van der Waals surface area contributed by atoms with Crippen molar-refractivity contribution in [3.05, 3.63) is 63.3 Å². The first-order valence-corrected chi connectivity index (χ1v) is 9.65. The van der Waals surface area contributed by atoms with Gasteiger partial charge < -0.3 is 9.30 Å². The lowest BCUT2D eigenvalue weighted by atomic mass is 9.71. The maximum Gasteiger partial charge on any atom is 0.195 e. The number of hydrogen-bond acceptors (Lipinski definition) is 2. The van der Waals surface area contributed by atoms with Crippen LogP contribution in [0, 0.1) is 0 Å². The summed E-state index contributed by atoms with van der Waals surface area (Å²) in [5.41, 5.74) is 4.45. The summed E-state index contributed by atoms with van der Waals surface area (Å²) in [4.78, 5) is 13.4. The summed E-state index contributed by atoms with van der Waals surface area (Å²) in [5, 5.41) is 1.01. The number of ether oxygens (including phenoxy) is 1. The maximum absolute atomic E-state index is 13.4. The Labute approximate surface area is 162 Å². The molecule has 0 aliphatic heterocycles. The second-order valence-corrected chi connectivity index (χ2v) is 8.69. The fraction of sp³-hybridized carbons (Fsp3) is 0.318. The van der Waals surface area contributed by atoms with Crippen molar-refractivity contribution in [2.45, 2.75) is 39.2 Å². The summed E-state index contributed by atoms with van der Waals surface area (Å²) >= 11 is 3.55. The van der Waals surface area contributed by atoms with Gasteiger partial charge in [0.25, 0.3) is 0 Å². The maximum atomic E-state index is 13.4. The van der Waals surface area contributed by atoms with E-state index in [4.69, 9.17) is 4.74 Å². The molecule has 3 aromatic rings. The molecule has 0 radical (unpaired) electrons. The van der Waals surface area contributed by atoms with Crippen LogP contribution in [0.1, 0.15) is 54.9 Å². The van der Waals surface area contributed by atoms with Crippen molar-refractivity contribution >= 4 is 32.6 Å². The Morgan fingerprint density at radius 3 is 2.54 bits per heavy atom. The van der Waals surface area contributed by atoms with Crippen molar-refractivity contribution in [1.29, 1.82) is 0 Å². The number of carbonyl (C=O) groups excluding carboxylic acids is 1. The number of rotatable bonds is 2. The van der Waals surface area contributed by atoms with Gasteiger partial charge in [-0.1, -0.05) is 35.8 Å². The molecular weight excluding hydrogens is 390 g/mol. The SMILES string of the molecule is CC(C)Oc1ccc2c(c1)C(C)(C)c1c(c3ccc(Br)cc3n1C)C2=O. The summed E-state index contributed by atoms with van der Waals surface area (Å²) in [5.74, 6) is 0.905. The summed E-state index contributed by atoms with van der Waals surface area (Å²) in [7, 11) is 2.04. The second kappa shape index (κ2) is 5.71. The largest absolute Gasteiger partial charge is 0.491 e.